The largest absolute Gasteiger partial charge is 0.357 e. The molecule has 2 N–H and O–H groups in total. The quantitative estimate of drug-likeness (QED) is 0.403. The molecule has 134 valence electrons. The van der Waals surface area contributed by atoms with Gasteiger partial charge in [-0.3, -0.25) is 4.79 Å². The number of aliphatic imine (C=N–C) groups is 1. The van der Waals surface area contributed by atoms with Crippen molar-refractivity contribution in [3.8, 4) is 0 Å². The number of piperidine rings is 1. The van der Waals surface area contributed by atoms with Crippen LogP contribution in [0.5, 0.6) is 0 Å². The van der Waals surface area contributed by atoms with Gasteiger partial charge in [0.25, 0.3) is 0 Å². The van der Waals surface area contributed by atoms with Crippen LogP contribution in [-0.2, 0) is 11.2 Å². The van der Waals surface area contributed by atoms with E-state index in [4.69, 9.17) is 0 Å². The lowest BCUT2D eigenvalue weighted by atomic mass is 10.1. The number of likely N-dealkylation sites (tertiary alicyclic amines) is 1. The Hall–Kier alpha value is -1.31. The number of nitrogens with zero attached hydrogens (tertiary/aromatic N) is 2. The van der Waals surface area contributed by atoms with Crippen molar-refractivity contribution in [3.63, 3.8) is 0 Å². The van der Waals surface area contributed by atoms with Crippen LogP contribution in [-0.4, -0.2) is 49.5 Å². The van der Waals surface area contributed by atoms with Gasteiger partial charge >= 0.3 is 0 Å². The van der Waals surface area contributed by atoms with Gasteiger partial charge in [-0.1, -0.05) is 30.3 Å². The Morgan fingerprint density at radius 1 is 1.12 bits per heavy atom. The first-order valence-corrected chi connectivity index (χ1v) is 8.63. The highest BCUT2D eigenvalue weighted by atomic mass is 127. The zero-order valence-corrected chi connectivity index (χ0v) is 16.8. The summed E-state index contributed by atoms with van der Waals surface area (Å²) in [6.45, 7) is 5.60. The number of nitrogens with one attached hydrogen (secondary N) is 2. The van der Waals surface area contributed by atoms with Crippen LogP contribution in [0.2, 0.25) is 0 Å². The number of halogens is 1. The van der Waals surface area contributed by atoms with Crippen LogP contribution in [0.25, 0.3) is 0 Å². The third kappa shape index (κ3) is 7.51. The maximum absolute atomic E-state index is 12.2. The van der Waals surface area contributed by atoms with Gasteiger partial charge in [-0.15, -0.1) is 24.0 Å². The maximum atomic E-state index is 12.2. The second kappa shape index (κ2) is 12.1. The first kappa shape index (κ1) is 20.7. The van der Waals surface area contributed by atoms with E-state index in [0.717, 1.165) is 45.4 Å². The SMILES string of the molecule is CCNC(=NCC(=O)N1CCCCC1)NCCc1ccccc1.I. The predicted molar refractivity (Wildman–Crippen MR) is 110 cm³/mol. The van der Waals surface area contributed by atoms with Crippen molar-refractivity contribution < 1.29 is 4.79 Å². The fourth-order valence-electron chi connectivity index (χ4n) is 2.70. The van der Waals surface area contributed by atoms with Gasteiger partial charge < -0.3 is 15.5 Å². The molecule has 6 heteroatoms. The van der Waals surface area contributed by atoms with Crippen molar-refractivity contribution in [2.45, 2.75) is 32.6 Å². The highest BCUT2D eigenvalue weighted by molar-refractivity contribution is 14.0. The zero-order chi connectivity index (χ0) is 16.3. The van der Waals surface area contributed by atoms with E-state index in [1.165, 1.54) is 12.0 Å². The zero-order valence-electron chi connectivity index (χ0n) is 14.5. The van der Waals surface area contributed by atoms with Gasteiger partial charge in [0.2, 0.25) is 5.91 Å². The van der Waals surface area contributed by atoms with E-state index in [1.54, 1.807) is 0 Å². The van der Waals surface area contributed by atoms with E-state index < -0.39 is 0 Å². The lowest BCUT2D eigenvalue weighted by Crippen LogP contribution is -2.41. The molecule has 1 aliphatic rings. The molecule has 0 aliphatic carbocycles. The van der Waals surface area contributed by atoms with Crippen LogP contribution in [0.15, 0.2) is 35.3 Å². The smallest absolute Gasteiger partial charge is 0.244 e. The molecule has 0 radical (unpaired) electrons. The number of carbonyl (C=O) groups excluding carboxylic acids is 1. The molecule has 1 fully saturated rings. The number of guanidine groups is 1. The molecule has 1 aromatic rings. The third-order valence-electron chi connectivity index (χ3n) is 3.97. The first-order valence-electron chi connectivity index (χ1n) is 8.63. The molecule has 1 aliphatic heterocycles. The predicted octanol–water partition coefficient (Wildman–Crippen LogP) is 2.41. The van der Waals surface area contributed by atoms with Crippen LogP contribution in [0.3, 0.4) is 0 Å². The normalized spacial score (nSPS) is 14.7. The summed E-state index contributed by atoms with van der Waals surface area (Å²) in [5.41, 5.74) is 1.29. The Bertz CT molecular complexity index is 501. The fourth-order valence-corrected chi connectivity index (χ4v) is 2.70. The lowest BCUT2D eigenvalue weighted by Gasteiger charge is -2.26. The lowest BCUT2D eigenvalue weighted by molar-refractivity contribution is -0.130. The Morgan fingerprint density at radius 2 is 1.83 bits per heavy atom. The topological polar surface area (TPSA) is 56.7 Å². The summed E-state index contributed by atoms with van der Waals surface area (Å²) in [6.07, 6.45) is 4.40. The number of amides is 1. The van der Waals surface area contributed by atoms with Gasteiger partial charge in [0.15, 0.2) is 5.96 Å². The van der Waals surface area contributed by atoms with Gasteiger partial charge in [-0.2, -0.15) is 0 Å². The molecule has 24 heavy (non-hydrogen) atoms. The van der Waals surface area contributed by atoms with Gasteiger partial charge in [0.1, 0.15) is 6.54 Å². The van der Waals surface area contributed by atoms with E-state index in [1.807, 2.05) is 30.0 Å². The van der Waals surface area contributed by atoms with Crippen molar-refractivity contribution in [3.05, 3.63) is 35.9 Å². The molecular weight excluding hydrogens is 415 g/mol. The van der Waals surface area contributed by atoms with E-state index >= 15 is 0 Å². The summed E-state index contributed by atoms with van der Waals surface area (Å²) in [5, 5.41) is 6.49. The van der Waals surface area contributed by atoms with Crippen molar-refractivity contribution in [2.24, 2.45) is 4.99 Å². The van der Waals surface area contributed by atoms with Crippen LogP contribution in [0.1, 0.15) is 31.7 Å². The average Bonchev–Trinajstić information content (AvgIpc) is 2.61. The molecule has 0 unspecified atom stereocenters. The Balaban J connectivity index is 0.00000288. The van der Waals surface area contributed by atoms with Gasteiger partial charge in [0, 0.05) is 26.2 Å². The second-order valence-corrected chi connectivity index (χ2v) is 5.80. The van der Waals surface area contributed by atoms with E-state index in [2.05, 4.69) is 27.8 Å². The summed E-state index contributed by atoms with van der Waals surface area (Å²) >= 11 is 0. The minimum absolute atomic E-state index is 0. The fraction of sp³-hybridized carbons (Fsp3) is 0.556. The highest BCUT2D eigenvalue weighted by Crippen LogP contribution is 2.08. The van der Waals surface area contributed by atoms with E-state index in [-0.39, 0.29) is 36.4 Å². The molecule has 2 rings (SSSR count). The Morgan fingerprint density at radius 3 is 2.50 bits per heavy atom. The van der Waals surface area contributed by atoms with Gasteiger partial charge in [-0.05, 0) is 38.2 Å². The molecule has 0 saturated carbocycles. The third-order valence-corrected chi connectivity index (χ3v) is 3.97. The van der Waals surface area contributed by atoms with Crippen LogP contribution in [0, 0.1) is 0 Å². The molecule has 0 spiro atoms. The van der Waals surface area contributed by atoms with Gasteiger partial charge in [0.05, 0.1) is 0 Å². The Kier molecular flexibility index (Phi) is 10.5. The molecule has 0 bridgehead atoms. The number of carbonyl (C=O) groups is 1. The number of hydrogen-bond acceptors (Lipinski definition) is 2. The molecule has 1 heterocycles. The van der Waals surface area contributed by atoms with Crippen molar-refractivity contribution in [2.75, 3.05) is 32.7 Å². The minimum Gasteiger partial charge on any atom is -0.357 e. The highest BCUT2D eigenvalue weighted by Gasteiger charge is 2.15. The number of hydrogen-bond donors (Lipinski definition) is 2. The summed E-state index contributed by atoms with van der Waals surface area (Å²) in [7, 11) is 0. The van der Waals surface area contributed by atoms with Crippen molar-refractivity contribution >= 4 is 35.8 Å². The van der Waals surface area contributed by atoms with Crippen molar-refractivity contribution in [1.29, 1.82) is 0 Å². The van der Waals surface area contributed by atoms with Gasteiger partial charge in [-0.25, -0.2) is 4.99 Å². The molecule has 1 amide bonds. The molecule has 1 saturated heterocycles. The Labute approximate surface area is 162 Å². The summed E-state index contributed by atoms with van der Waals surface area (Å²) < 4.78 is 0. The average molecular weight is 444 g/mol. The molecule has 0 aromatic heterocycles. The first-order chi connectivity index (χ1) is 11.3. The molecule has 0 atom stereocenters. The van der Waals surface area contributed by atoms with Crippen LogP contribution < -0.4 is 10.6 Å². The van der Waals surface area contributed by atoms with Crippen LogP contribution >= 0.6 is 24.0 Å². The number of benzene rings is 1. The second-order valence-electron chi connectivity index (χ2n) is 5.80. The molecule has 5 nitrogen and oxygen atoms in total. The van der Waals surface area contributed by atoms with Crippen molar-refractivity contribution in [1.82, 2.24) is 15.5 Å². The van der Waals surface area contributed by atoms with Crippen LogP contribution in [0.4, 0.5) is 0 Å². The van der Waals surface area contributed by atoms with E-state index in [9.17, 15) is 4.79 Å². The summed E-state index contributed by atoms with van der Waals surface area (Å²) in [6, 6.07) is 10.4. The minimum atomic E-state index is 0. The molecule has 1 aromatic carbocycles. The standard InChI is InChI=1S/C18H28N4O.HI/c1-2-19-18(20-12-11-16-9-5-3-6-10-16)21-15-17(23)22-13-7-4-8-14-22;/h3,5-6,9-10H,2,4,7-8,11-15H2,1H3,(H2,19,20,21);1H. The maximum Gasteiger partial charge on any atom is 0.244 e. The molecular formula is C18H29IN4O. The number of rotatable bonds is 6. The monoisotopic (exact) mass is 444 g/mol. The summed E-state index contributed by atoms with van der Waals surface area (Å²) in [5.74, 6) is 0.846. The summed E-state index contributed by atoms with van der Waals surface area (Å²) in [4.78, 5) is 18.5. The van der Waals surface area contributed by atoms with E-state index in [0.29, 0.717) is 5.96 Å².